The maximum Gasteiger partial charge on any atom is 0.248 e. The summed E-state index contributed by atoms with van der Waals surface area (Å²) >= 11 is 0. The van der Waals surface area contributed by atoms with Crippen molar-refractivity contribution in [1.82, 2.24) is 9.80 Å². The van der Waals surface area contributed by atoms with Gasteiger partial charge in [0.05, 0.1) is 5.60 Å². The van der Waals surface area contributed by atoms with Crippen molar-refractivity contribution in [2.45, 2.75) is 39.2 Å². The summed E-state index contributed by atoms with van der Waals surface area (Å²) in [5.74, 6) is 0.107. The molecule has 2 N–H and O–H groups in total. The van der Waals surface area contributed by atoms with E-state index in [2.05, 4.69) is 4.90 Å². The Hall–Kier alpha value is -0.650. The normalized spacial score (nSPS) is 18.4. The lowest BCUT2D eigenvalue weighted by atomic mass is 10.2. The van der Waals surface area contributed by atoms with Crippen LogP contribution in [0.25, 0.3) is 0 Å². The van der Waals surface area contributed by atoms with E-state index in [1.807, 2.05) is 25.7 Å². The minimum absolute atomic E-state index is 0.107. The van der Waals surface area contributed by atoms with Gasteiger partial charge >= 0.3 is 0 Å². The first kappa shape index (κ1) is 16.4. The van der Waals surface area contributed by atoms with E-state index in [1.165, 1.54) is 0 Å². The van der Waals surface area contributed by atoms with Crippen molar-refractivity contribution < 1.29 is 9.53 Å². The molecule has 5 nitrogen and oxygen atoms in total. The zero-order chi connectivity index (χ0) is 14.3. The average molecular weight is 271 g/mol. The molecule has 5 heteroatoms. The van der Waals surface area contributed by atoms with Gasteiger partial charge in [0.1, 0.15) is 6.61 Å². The maximum absolute atomic E-state index is 12.1. The van der Waals surface area contributed by atoms with Gasteiger partial charge in [-0.3, -0.25) is 4.79 Å². The van der Waals surface area contributed by atoms with Gasteiger partial charge < -0.3 is 20.3 Å². The molecule has 1 aliphatic heterocycles. The van der Waals surface area contributed by atoms with Gasteiger partial charge in [-0.2, -0.15) is 0 Å². The second-order valence-electron chi connectivity index (χ2n) is 6.12. The van der Waals surface area contributed by atoms with Gasteiger partial charge in [-0.1, -0.05) is 0 Å². The SMILES string of the molecule is CC(C)(C)OCC(=O)N1CCCN(CCCN)CC1. The fourth-order valence-electron chi connectivity index (χ4n) is 2.13. The number of carbonyl (C=O) groups is 1. The van der Waals surface area contributed by atoms with Gasteiger partial charge in [-0.05, 0) is 53.2 Å². The third-order valence-corrected chi connectivity index (χ3v) is 3.25. The fourth-order valence-corrected chi connectivity index (χ4v) is 2.13. The quantitative estimate of drug-likeness (QED) is 0.799. The lowest BCUT2D eigenvalue weighted by molar-refractivity contribution is -0.140. The first-order valence-electron chi connectivity index (χ1n) is 7.26. The molecule has 0 unspecified atom stereocenters. The number of rotatable bonds is 5. The molecule has 0 radical (unpaired) electrons. The Morgan fingerprint density at radius 1 is 1.21 bits per heavy atom. The summed E-state index contributed by atoms with van der Waals surface area (Å²) in [4.78, 5) is 16.4. The lowest BCUT2D eigenvalue weighted by Gasteiger charge is -2.24. The molecule has 0 atom stereocenters. The smallest absolute Gasteiger partial charge is 0.248 e. The summed E-state index contributed by atoms with van der Waals surface area (Å²) in [6.45, 7) is 11.5. The van der Waals surface area contributed by atoms with E-state index in [-0.39, 0.29) is 18.1 Å². The van der Waals surface area contributed by atoms with Crippen LogP contribution in [-0.4, -0.2) is 67.2 Å². The molecule has 1 heterocycles. The highest BCUT2D eigenvalue weighted by Gasteiger charge is 2.20. The van der Waals surface area contributed by atoms with E-state index in [4.69, 9.17) is 10.5 Å². The summed E-state index contributed by atoms with van der Waals surface area (Å²) in [5, 5.41) is 0. The lowest BCUT2D eigenvalue weighted by Crippen LogP contribution is -2.39. The zero-order valence-electron chi connectivity index (χ0n) is 12.7. The first-order valence-corrected chi connectivity index (χ1v) is 7.26. The number of nitrogens with zero attached hydrogens (tertiary/aromatic N) is 2. The number of hydrogen-bond acceptors (Lipinski definition) is 4. The van der Waals surface area contributed by atoms with Gasteiger partial charge in [-0.25, -0.2) is 0 Å². The topological polar surface area (TPSA) is 58.8 Å². The molecule has 1 saturated heterocycles. The van der Waals surface area contributed by atoms with Crippen molar-refractivity contribution in [2.24, 2.45) is 5.73 Å². The highest BCUT2D eigenvalue weighted by Crippen LogP contribution is 2.09. The Kier molecular flexibility index (Phi) is 6.75. The third-order valence-electron chi connectivity index (χ3n) is 3.25. The molecule has 0 aromatic heterocycles. The summed E-state index contributed by atoms with van der Waals surface area (Å²) < 4.78 is 5.56. The number of hydrogen-bond donors (Lipinski definition) is 1. The van der Waals surface area contributed by atoms with E-state index in [9.17, 15) is 4.79 Å². The molecule has 1 fully saturated rings. The Balaban J connectivity index is 2.33. The Morgan fingerprint density at radius 2 is 1.95 bits per heavy atom. The fraction of sp³-hybridized carbons (Fsp3) is 0.929. The highest BCUT2D eigenvalue weighted by atomic mass is 16.5. The van der Waals surface area contributed by atoms with Gasteiger partial charge in [0.15, 0.2) is 0 Å². The number of nitrogens with two attached hydrogens (primary N) is 1. The first-order chi connectivity index (χ1) is 8.92. The van der Waals surface area contributed by atoms with Gasteiger partial charge in [0, 0.05) is 19.6 Å². The van der Waals surface area contributed by atoms with Crippen LogP contribution in [0, 0.1) is 0 Å². The minimum atomic E-state index is -0.255. The molecule has 112 valence electrons. The second kappa shape index (κ2) is 7.82. The Morgan fingerprint density at radius 3 is 2.58 bits per heavy atom. The molecule has 19 heavy (non-hydrogen) atoms. The maximum atomic E-state index is 12.1. The zero-order valence-corrected chi connectivity index (χ0v) is 12.7. The second-order valence-corrected chi connectivity index (χ2v) is 6.12. The molecule has 1 rings (SSSR count). The average Bonchev–Trinajstić information content (AvgIpc) is 2.58. The van der Waals surface area contributed by atoms with E-state index < -0.39 is 0 Å². The van der Waals surface area contributed by atoms with Crippen LogP contribution in [0.1, 0.15) is 33.6 Å². The van der Waals surface area contributed by atoms with Gasteiger partial charge in [0.25, 0.3) is 0 Å². The van der Waals surface area contributed by atoms with Gasteiger partial charge in [0.2, 0.25) is 5.91 Å². The molecule has 0 saturated carbocycles. The van der Waals surface area contributed by atoms with Crippen LogP contribution >= 0.6 is 0 Å². The predicted molar refractivity (Wildman–Crippen MR) is 77.0 cm³/mol. The standard InChI is InChI=1S/C14H29N3O2/c1-14(2,3)19-12-13(18)17-9-5-8-16(10-11-17)7-4-6-15/h4-12,15H2,1-3H3. The predicted octanol–water partition coefficient (Wildman–Crippen LogP) is 0.685. The van der Waals surface area contributed by atoms with Crippen molar-refractivity contribution in [3.05, 3.63) is 0 Å². The van der Waals surface area contributed by atoms with Crippen molar-refractivity contribution in [3.8, 4) is 0 Å². The third kappa shape index (κ3) is 6.89. The van der Waals surface area contributed by atoms with Crippen LogP contribution < -0.4 is 5.73 Å². The van der Waals surface area contributed by atoms with Crippen LogP contribution in [0.15, 0.2) is 0 Å². The van der Waals surface area contributed by atoms with Crippen LogP contribution in [-0.2, 0) is 9.53 Å². The number of ether oxygens (including phenoxy) is 1. The molecule has 1 aliphatic rings. The Labute approximate surface area is 117 Å². The molecule has 0 aliphatic carbocycles. The van der Waals surface area contributed by atoms with Crippen LogP contribution in [0.3, 0.4) is 0 Å². The van der Waals surface area contributed by atoms with Crippen LogP contribution in [0.2, 0.25) is 0 Å². The molecule has 0 aromatic carbocycles. The highest BCUT2D eigenvalue weighted by molar-refractivity contribution is 5.77. The van der Waals surface area contributed by atoms with Crippen LogP contribution in [0.5, 0.6) is 0 Å². The minimum Gasteiger partial charge on any atom is -0.366 e. The van der Waals surface area contributed by atoms with Crippen molar-refractivity contribution in [3.63, 3.8) is 0 Å². The summed E-state index contributed by atoms with van der Waals surface area (Å²) in [6.07, 6.45) is 2.06. The molecule has 0 aromatic rings. The summed E-state index contributed by atoms with van der Waals surface area (Å²) in [6, 6.07) is 0. The largest absolute Gasteiger partial charge is 0.366 e. The van der Waals surface area contributed by atoms with E-state index >= 15 is 0 Å². The Bertz CT molecular complexity index is 276. The van der Waals surface area contributed by atoms with E-state index in [0.29, 0.717) is 0 Å². The molecule has 1 amide bonds. The molecule has 0 spiro atoms. The molecular formula is C14H29N3O2. The number of amides is 1. The van der Waals surface area contributed by atoms with Crippen molar-refractivity contribution in [2.75, 3.05) is 45.9 Å². The monoisotopic (exact) mass is 271 g/mol. The van der Waals surface area contributed by atoms with E-state index in [0.717, 1.165) is 52.1 Å². The number of carbonyl (C=O) groups excluding carboxylic acids is 1. The summed E-state index contributed by atoms with van der Waals surface area (Å²) in [7, 11) is 0. The van der Waals surface area contributed by atoms with E-state index in [1.54, 1.807) is 0 Å². The molecular weight excluding hydrogens is 242 g/mol. The summed E-state index contributed by atoms with van der Waals surface area (Å²) in [5.41, 5.74) is 5.28. The van der Waals surface area contributed by atoms with Crippen molar-refractivity contribution >= 4 is 5.91 Å². The van der Waals surface area contributed by atoms with Crippen molar-refractivity contribution in [1.29, 1.82) is 0 Å². The molecule has 0 bridgehead atoms. The van der Waals surface area contributed by atoms with Gasteiger partial charge in [-0.15, -0.1) is 0 Å². The van der Waals surface area contributed by atoms with Crippen LogP contribution in [0.4, 0.5) is 0 Å².